The molecule has 0 radical (unpaired) electrons. The Morgan fingerprint density at radius 1 is 1.00 bits per heavy atom. The fourth-order valence-electron chi connectivity index (χ4n) is 4.34. The third kappa shape index (κ3) is 5.04. The molecule has 1 aliphatic heterocycles. The van der Waals surface area contributed by atoms with Crippen LogP contribution in [0.25, 0.3) is 0 Å². The lowest BCUT2D eigenvalue weighted by Crippen LogP contribution is -2.26. The lowest BCUT2D eigenvalue weighted by atomic mass is 10.1. The molecule has 1 fully saturated rings. The summed E-state index contributed by atoms with van der Waals surface area (Å²) in [5, 5.41) is 2.77. The molecule has 4 rings (SSSR count). The van der Waals surface area contributed by atoms with E-state index in [2.05, 4.69) is 5.32 Å². The van der Waals surface area contributed by atoms with Crippen LogP contribution in [0.3, 0.4) is 0 Å². The summed E-state index contributed by atoms with van der Waals surface area (Å²) in [6, 6.07) is 10.3. The molecular formula is C24H29N3O5S. The standard InChI is InChI=1S/C24H29N3O5S/c1-26(2)33(30,31)20-10-11-22(27-12-3-4-13-27)21(15-20)24(29)32-16-23(28)25-19-9-8-17-6-5-7-18(17)14-19/h8-11,14-15H,3-7,12-13,16H2,1-2H3,(H,25,28). The minimum Gasteiger partial charge on any atom is -0.452 e. The number of rotatable bonds is 7. The number of amides is 1. The van der Waals surface area contributed by atoms with Crippen LogP contribution in [0.15, 0.2) is 41.3 Å². The Bertz CT molecular complexity index is 1170. The van der Waals surface area contributed by atoms with Gasteiger partial charge in [0.1, 0.15) is 0 Å². The maximum atomic E-state index is 12.9. The smallest absolute Gasteiger partial charge is 0.340 e. The normalized spacial score (nSPS) is 15.5. The Labute approximate surface area is 194 Å². The zero-order valence-corrected chi connectivity index (χ0v) is 19.8. The number of benzene rings is 2. The van der Waals surface area contributed by atoms with E-state index in [-0.39, 0.29) is 10.5 Å². The van der Waals surface area contributed by atoms with Gasteiger partial charge in [-0.15, -0.1) is 0 Å². The fourth-order valence-corrected chi connectivity index (χ4v) is 5.27. The van der Waals surface area contributed by atoms with E-state index in [1.54, 1.807) is 6.07 Å². The minimum absolute atomic E-state index is 0.00462. The predicted octanol–water partition coefficient (Wildman–Crippen LogP) is 2.82. The van der Waals surface area contributed by atoms with Crippen LogP contribution in [0.4, 0.5) is 11.4 Å². The van der Waals surface area contributed by atoms with Gasteiger partial charge in [0.25, 0.3) is 5.91 Å². The van der Waals surface area contributed by atoms with E-state index in [0.29, 0.717) is 11.4 Å². The van der Waals surface area contributed by atoms with Crippen LogP contribution in [-0.2, 0) is 32.4 Å². The molecule has 8 nitrogen and oxygen atoms in total. The van der Waals surface area contributed by atoms with Crippen molar-refractivity contribution in [3.05, 3.63) is 53.1 Å². The SMILES string of the molecule is CN(C)S(=O)(=O)c1ccc(N2CCCC2)c(C(=O)OCC(=O)Nc2ccc3c(c2)CCC3)c1. The van der Waals surface area contributed by atoms with Crippen molar-refractivity contribution in [3.63, 3.8) is 0 Å². The maximum absolute atomic E-state index is 12.9. The summed E-state index contributed by atoms with van der Waals surface area (Å²) < 4.78 is 31.6. The molecular weight excluding hydrogens is 442 g/mol. The van der Waals surface area contributed by atoms with Crippen molar-refractivity contribution in [2.24, 2.45) is 0 Å². The minimum atomic E-state index is -3.72. The predicted molar refractivity (Wildman–Crippen MR) is 126 cm³/mol. The van der Waals surface area contributed by atoms with Gasteiger partial charge in [0.2, 0.25) is 10.0 Å². The number of esters is 1. The van der Waals surface area contributed by atoms with Crippen LogP contribution < -0.4 is 10.2 Å². The summed E-state index contributed by atoms with van der Waals surface area (Å²) in [6.07, 6.45) is 5.17. The first-order valence-corrected chi connectivity index (χ1v) is 12.6. The second kappa shape index (κ2) is 9.52. The molecule has 1 aliphatic carbocycles. The molecule has 2 aromatic carbocycles. The van der Waals surface area contributed by atoms with Gasteiger partial charge < -0.3 is 15.0 Å². The van der Waals surface area contributed by atoms with E-state index in [4.69, 9.17) is 4.74 Å². The summed E-state index contributed by atoms with van der Waals surface area (Å²) in [4.78, 5) is 27.4. The molecule has 0 unspecified atom stereocenters. The zero-order valence-electron chi connectivity index (χ0n) is 19.0. The quantitative estimate of drug-likeness (QED) is 0.624. The molecule has 33 heavy (non-hydrogen) atoms. The average molecular weight is 472 g/mol. The number of hydrogen-bond donors (Lipinski definition) is 1. The molecule has 0 spiro atoms. The molecule has 1 heterocycles. The molecule has 2 aliphatic rings. The number of ether oxygens (including phenoxy) is 1. The van der Waals surface area contributed by atoms with Gasteiger partial charge in [-0.25, -0.2) is 17.5 Å². The summed E-state index contributed by atoms with van der Waals surface area (Å²) in [6.45, 7) is 1.10. The van der Waals surface area contributed by atoms with Gasteiger partial charge in [0.05, 0.1) is 16.1 Å². The number of nitrogens with one attached hydrogen (secondary N) is 1. The highest BCUT2D eigenvalue weighted by Crippen LogP contribution is 2.29. The second-order valence-electron chi connectivity index (χ2n) is 8.62. The molecule has 1 N–H and O–H groups in total. The molecule has 0 bridgehead atoms. The first-order chi connectivity index (χ1) is 15.8. The van der Waals surface area contributed by atoms with Gasteiger partial charge in [-0.1, -0.05) is 6.07 Å². The van der Waals surface area contributed by atoms with Crippen LogP contribution >= 0.6 is 0 Å². The number of fused-ring (bicyclic) bond motifs is 1. The Kier molecular flexibility index (Phi) is 6.71. The van der Waals surface area contributed by atoms with Gasteiger partial charge >= 0.3 is 5.97 Å². The number of sulfonamides is 1. The van der Waals surface area contributed by atoms with Crippen LogP contribution in [0.5, 0.6) is 0 Å². The number of carbonyl (C=O) groups excluding carboxylic acids is 2. The van der Waals surface area contributed by atoms with E-state index < -0.39 is 28.5 Å². The lowest BCUT2D eigenvalue weighted by molar-refractivity contribution is -0.119. The summed E-state index contributed by atoms with van der Waals surface area (Å²) in [7, 11) is -0.851. The zero-order chi connectivity index (χ0) is 23.6. The van der Waals surface area contributed by atoms with Gasteiger partial charge in [0.15, 0.2) is 6.61 Å². The van der Waals surface area contributed by atoms with Crippen molar-refractivity contribution in [1.29, 1.82) is 0 Å². The molecule has 0 saturated carbocycles. The van der Waals surface area contributed by atoms with E-state index in [1.165, 1.54) is 37.4 Å². The molecule has 0 aromatic heterocycles. The van der Waals surface area contributed by atoms with Crippen molar-refractivity contribution in [1.82, 2.24) is 4.31 Å². The van der Waals surface area contributed by atoms with Gasteiger partial charge in [-0.05, 0) is 73.6 Å². The van der Waals surface area contributed by atoms with Crippen LogP contribution in [0.1, 0.15) is 40.7 Å². The highest BCUT2D eigenvalue weighted by molar-refractivity contribution is 7.89. The molecule has 176 valence electrons. The summed E-state index contributed by atoms with van der Waals surface area (Å²) in [5.74, 6) is -1.17. The Morgan fingerprint density at radius 3 is 2.45 bits per heavy atom. The van der Waals surface area contributed by atoms with Crippen LogP contribution in [0.2, 0.25) is 0 Å². The highest BCUT2D eigenvalue weighted by Gasteiger charge is 2.25. The summed E-state index contributed by atoms with van der Waals surface area (Å²) in [5.41, 5.74) is 3.98. The molecule has 1 amide bonds. The van der Waals surface area contributed by atoms with E-state index in [9.17, 15) is 18.0 Å². The van der Waals surface area contributed by atoms with Gasteiger partial charge in [-0.2, -0.15) is 0 Å². The van der Waals surface area contributed by atoms with Crippen LogP contribution in [-0.4, -0.2) is 58.4 Å². The highest BCUT2D eigenvalue weighted by atomic mass is 32.2. The van der Waals surface area contributed by atoms with Gasteiger partial charge in [0, 0.05) is 32.9 Å². The number of carbonyl (C=O) groups is 2. The lowest BCUT2D eigenvalue weighted by Gasteiger charge is -2.22. The van der Waals surface area contributed by atoms with Crippen molar-refractivity contribution in [2.45, 2.75) is 37.0 Å². The van der Waals surface area contributed by atoms with Crippen molar-refractivity contribution in [3.8, 4) is 0 Å². The van der Waals surface area contributed by atoms with Crippen molar-refractivity contribution in [2.75, 3.05) is 44.0 Å². The van der Waals surface area contributed by atoms with Crippen molar-refractivity contribution < 1.29 is 22.7 Å². The third-order valence-electron chi connectivity index (χ3n) is 6.13. The summed E-state index contributed by atoms with van der Waals surface area (Å²) >= 11 is 0. The van der Waals surface area contributed by atoms with E-state index in [0.717, 1.165) is 49.5 Å². The number of nitrogens with zero attached hydrogens (tertiary/aromatic N) is 2. The van der Waals surface area contributed by atoms with E-state index >= 15 is 0 Å². The maximum Gasteiger partial charge on any atom is 0.340 e. The first kappa shape index (κ1) is 23.3. The number of aryl methyl sites for hydroxylation is 2. The van der Waals surface area contributed by atoms with Crippen LogP contribution in [0, 0.1) is 0 Å². The topological polar surface area (TPSA) is 96.0 Å². The number of hydrogen-bond acceptors (Lipinski definition) is 6. The average Bonchev–Trinajstić information content (AvgIpc) is 3.48. The second-order valence-corrected chi connectivity index (χ2v) is 10.8. The number of anilines is 2. The van der Waals surface area contributed by atoms with Crippen molar-refractivity contribution >= 4 is 33.3 Å². The first-order valence-electron chi connectivity index (χ1n) is 11.2. The largest absolute Gasteiger partial charge is 0.452 e. The van der Waals surface area contributed by atoms with Gasteiger partial charge in [-0.3, -0.25) is 4.79 Å². The molecule has 9 heteroatoms. The molecule has 1 saturated heterocycles. The Hall–Kier alpha value is -2.91. The molecule has 2 aromatic rings. The third-order valence-corrected chi connectivity index (χ3v) is 7.94. The Balaban J connectivity index is 1.49. The fraction of sp³-hybridized carbons (Fsp3) is 0.417. The van der Waals surface area contributed by atoms with E-state index in [1.807, 2.05) is 23.1 Å². The monoisotopic (exact) mass is 471 g/mol. The molecule has 0 atom stereocenters. The Morgan fingerprint density at radius 2 is 1.73 bits per heavy atom.